The van der Waals surface area contributed by atoms with Gasteiger partial charge in [-0.05, 0) is 44.0 Å². The average Bonchev–Trinajstić information content (AvgIpc) is 2.09. The van der Waals surface area contributed by atoms with Crippen LogP contribution in [0.4, 0.5) is 0 Å². The van der Waals surface area contributed by atoms with Gasteiger partial charge in [0, 0.05) is 24.0 Å². The summed E-state index contributed by atoms with van der Waals surface area (Å²) in [5.74, 6) is -0.176. The molecule has 1 aromatic carbocycles. The molecule has 0 radical (unpaired) electrons. The van der Waals surface area contributed by atoms with Crippen LogP contribution in [0, 0.1) is 0 Å². The molecule has 0 fully saturated rings. The van der Waals surface area contributed by atoms with Crippen LogP contribution >= 0.6 is 48.1 Å². The van der Waals surface area contributed by atoms with Gasteiger partial charge in [0.25, 0.3) is 5.91 Å². The Kier molecular flexibility index (Phi) is 6.45. The Morgan fingerprint density at radius 2 is 1.93 bits per heavy atom. The van der Waals surface area contributed by atoms with E-state index in [1.807, 2.05) is 0 Å². The predicted octanol–water partition coefficient (Wildman–Crippen LogP) is 3.00. The van der Waals surface area contributed by atoms with Gasteiger partial charge in [-0.3, -0.25) is 4.79 Å². The first-order valence-corrected chi connectivity index (χ1v) is 5.37. The minimum atomic E-state index is -0.539. The molecule has 1 rings (SSSR count). The molecule has 72 valence electrons. The van der Waals surface area contributed by atoms with Crippen molar-refractivity contribution < 1.29 is 28.1 Å². The van der Waals surface area contributed by atoms with Gasteiger partial charge in [0.2, 0.25) is 0 Å². The van der Waals surface area contributed by atoms with Gasteiger partial charge in [0.1, 0.15) is 0 Å². The Hall–Kier alpha value is 0.553. The molecule has 1 aromatic rings. The first-order valence-electron chi connectivity index (χ1n) is 3.14. The minimum absolute atomic E-state index is 0. The third-order valence-electron chi connectivity index (χ3n) is 1.39. The van der Waals surface area contributed by atoms with E-state index in [1.54, 1.807) is 12.1 Å². The summed E-state index contributed by atoms with van der Waals surface area (Å²) in [4.78, 5) is 10.9. The fourth-order valence-corrected chi connectivity index (χ4v) is 2.09. The summed E-state index contributed by atoms with van der Waals surface area (Å²) in [5.41, 5.74) is 5.45. The normalized spacial score (nSPS) is 9.07. The molecular formula is C7H4Br3NO2Zn. The molecule has 0 aromatic heterocycles. The van der Waals surface area contributed by atoms with Crippen LogP contribution in [-0.4, -0.2) is 5.91 Å². The van der Waals surface area contributed by atoms with E-state index >= 15 is 0 Å². The zero-order valence-electron chi connectivity index (χ0n) is 6.89. The zero-order valence-corrected chi connectivity index (χ0v) is 14.6. The van der Waals surface area contributed by atoms with Crippen molar-refractivity contribution in [2.24, 2.45) is 5.73 Å². The molecule has 14 heavy (non-hydrogen) atoms. The van der Waals surface area contributed by atoms with Crippen LogP contribution in [0.1, 0.15) is 10.4 Å². The molecule has 1 amide bonds. The fraction of sp³-hybridized carbons (Fsp3) is 0. The van der Waals surface area contributed by atoms with Crippen LogP contribution in [0.5, 0.6) is 5.75 Å². The number of halogens is 3. The molecule has 0 atom stereocenters. The van der Waals surface area contributed by atoms with Gasteiger partial charge in [-0.15, -0.1) is 0 Å². The van der Waals surface area contributed by atoms with Gasteiger partial charge in [0.05, 0.1) is 10.0 Å². The summed E-state index contributed by atoms with van der Waals surface area (Å²) in [6, 6.07) is 3.29. The van der Waals surface area contributed by atoms with Crippen molar-refractivity contribution in [3.8, 4) is 5.75 Å². The van der Waals surface area contributed by atoms with Crippen molar-refractivity contribution in [3.63, 3.8) is 0 Å². The summed E-state index contributed by atoms with van der Waals surface area (Å²) in [7, 11) is 0. The molecule has 3 nitrogen and oxygen atoms in total. The molecule has 0 saturated carbocycles. The molecule has 2 N–H and O–H groups in total. The Bertz CT molecular complexity index is 359. The predicted molar refractivity (Wildman–Crippen MR) is 59.9 cm³/mol. The summed E-state index contributed by atoms with van der Waals surface area (Å²) < 4.78 is 6.28. The van der Waals surface area contributed by atoms with Gasteiger partial charge >= 0.3 is 0 Å². The number of hydrogen-bond acceptors (Lipinski definition) is 2. The molecule has 0 spiro atoms. The maximum absolute atomic E-state index is 10.9. The van der Waals surface area contributed by atoms with Gasteiger partial charge in [-0.2, -0.15) is 0 Å². The van der Waals surface area contributed by atoms with Crippen LogP contribution in [0.2, 0.25) is 0 Å². The average molecular weight is 439 g/mol. The second-order valence-electron chi connectivity index (χ2n) is 2.18. The van der Waals surface area contributed by atoms with Crippen LogP contribution in [0.25, 0.3) is 0 Å². The molecule has 0 aliphatic rings. The van der Waals surface area contributed by atoms with Crippen molar-refractivity contribution in [2.75, 3.05) is 0 Å². The zero-order chi connectivity index (χ0) is 10.0. The Labute approximate surface area is 119 Å². The quantitative estimate of drug-likeness (QED) is 0.721. The van der Waals surface area contributed by atoms with Gasteiger partial charge < -0.3 is 9.56 Å². The van der Waals surface area contributed by atoms with Crippen molar-refractivity contribution in [2.45, 2.75) is 0 Å². The van der Waals surface area contributed by atoms with E-state index in [0.29, 0.717) is 15.8 Å². The first kappa shape index (κ1) is 14.6. The maximum atomic E-state index is 10.9. The first-order chi connectivity index (χ1) is 6.07. The smallest absolute Gasteiger partial charge is 0.252 e. The number of hydrogen-bond donors (Lipinski definition) is 1. The molecular weight excluding hydrogens is 435 g/mol. The van der Waals surface area contributed by atoms with E-state index in [0.717, 1.165) is 4.47 Å². The number of carbonyl (C=O) groups excluding carboxylic acids is 1. The van der Waals surface area contributed by atoms with Gasteiger partial charge in [-0.1, -0.05) is 0 Å². The summed E-state index contributed by atoms with van der Waals surface area (Å²) in [6.45, 7) is 0. The Morgan fingerprint density at radius 3 is 2.36 bits per heavy atom. The number of nitrogens with two attached hydrogens (primary N) is 1. The van der Waals surface area contributed by atoms with Crippen molar-refractivity contribution in [1.29, 1.82) is 0 Å². The number of primary amides is 1. The van der Waals surface area contributed by atoms with E-state index in [-0.39, 0.29) is 19.5 Å². The molecule has 0 aliphatic heterocycles. The molecule has 0 heterocycles. The van der Waals surface area contributed by atoms with Crippen LogP contribution in [0.15, 0.2) is 21.1 Å². The summed E-state index contributed by atoms with van der Waals surface area (Å²) in [6.07, 6.45) is 0. The van der Waals surface area contributed by atoms with E-state index in [1.165, 1.54) is 0 Å². The largest absolute Gasteiger partial charge is 0.416 e. The molecule has 0 aliphatic carbocycles. The fourth-order valence-electron chi connectivity index (χ4n) is 0.801. The summed E-state index contributed by atoms with van der Waals surface area (Å²) >= 11 is 9.32. The third-order valence-corrected chi connectivity index (χ3v) is 3.70. The topological polar surface area (TPSA) is 52.3 Å². The standard InChI is InChI=1S/C7H4Br3NO2.Zn/c8-4-2-1-3(7(11)12)6(13-10)5(4)9;/h1-2H,(H2,11,12);. The van der Waals surface area contributed by atoms with E-state index < -0.39 is 5.91 Å². The second kappa shape index (κ2) is 6.20. The Balaban J connectivity index is 0.00000169. The van der Waals surface area contributed by atoms with Crippen molar-refractivity contribution >= 4 is 54.0 Å². The number of carbonyl (C=O) groups is 1. The van der Waals surface area contributed by atoms with Crippen molar-refractivity contribution in [1.82, 2.24) is 0 Å². The van der Waals surface area contributed by atoms with Gasteiger partial charge in [-0.25, -0.2) is 0 Å². The molecule has 0 saturated heterocycles. The Morgan fingerprint density at radius 1 is 1.36 bits per heavy atom. The third kappa shape index (κ3) is 3.02. The monoisotopic (exact) mass is 435 g/mol. The van der Waals surface area contributed by atoms with Gasteiger partial charge in [0.15, 0.2) is 22.0 Å². The molecule has 0 unspecified atom stereocenters. The van der Waals surface area contributed by atoms with Crippen LogP contribution in [0.3, 0.4) is 0 Å². The summed E-state index contributed by atoms with van der Waals surface area (Å²) in [5, 5.41) is 0. The van der Waals surface area contributed by atoms with E-state index in [9.17, 15) is 4.79 Å². The number of amides is 1. The molecule has 7 heteroatoms. The van der Waals surface area contributed by atoms with Crippen molar-refractivity contribution in [3.05, 3.63) is 26.6 Å². The van der Waals surface area contributed by atoms with E-state index in [2.05, 4.69) is 48.1 Å². The van der Waals surface area contributed by atoms with Crippen LogP contribution in [-0.2, 0) is 19.5 Å². The number of benzene rings is 1. The SMILES string of the molecule is NC(=O)c1ccc(Br)c(Br)c1OBr.[Zn]. The number of rotatable bonds is 2. The van der Waals surface area contributed by atoms with Crippen LogP contribution < -0.4 is 9.56 Å². The van der Waals surface area contributed by atoms with E-state index in [4.69, 9.17) is 9.56 Å². The maximum Gasteiger partial charge on any atom is 0.252 e. The molecule has 0 bridgehead atoms. The minimum Gasteiger partial charge on any atom is -0.416 e. The second-order valence-corrected chi connectivity index (χ2v) is 4.15.